The van der Waals surface area contributed by atoms with E-state index >= 15 is 0 Å². The monoisotopic (exact) mass is 271 g/mol. The van der Waals surface area contributed by atoms with E-state index in [2.05, 4.69) is 28.4 Å². The van der Waals surface area contributed by atoms with E-state index < -0.39 is 34.6 Å². The van der Waals surface area contributed by atoms with Crippen LogP contribution in [0.3, 0.4) is 0 Å². The Morgan fingerprint density at radius 3 is 1.44 bits per heavy atom. The largest absolute Gasteiger partial charge is 0.311 e. The third-order valence-electron chi connectivity index (χ3n) is 0.967. The van der Waals surface area contributed by atoms with Gasteiger partial charge in [0.2, 0.25) is 0 Å². The molecule has 0 aromatic heterocycles. The molecule has 0 saturated heterocycles. The quantitative estimate of drug-likeness (QED) is 0.449. The van der Waals surface area contributed by atoms with Crippen LogP contribution in [0.4, 0.5) is 0 Å². The lowest BCUT2D eigenvalue weighted by atomic mass is 10.4. The predicted octanol–water partition coefficient (Wildman–Crippen LogP) is 0.396. The van der Waals surface area contributed by atoms with E-state index in [9.17, 15) is 30.3 Å². The molecule has 0 amide bonds. The van der Waals surface area contributed by atoms with Crippen LogP contribution in [-0.2, 0) is 14.5 Å². The first kappa shape index (κ1) is 18.0. The molecule has 0 aliphatic rings. The van der Waals surface area contributed by atoms with Crippen molar-refractivity contribution in [1.82, 2.24) is 0 Å². The van der Waals surface area contributed by atoms with Crippen molar-refractivity contribution in [3.63, 3.8) is 0 Å². The summed E-state index contributed by atoms with van der Waals surface area (Å²) in [5.41, 5.74) is 0. The highest BCUT2D eigenvalue weighted by Crippen LogP contribution is 1.96. The third-order valence-corrected chi connectivity index (χ3v) is 0.967. The normalized spacial score (nSPS) is 8.83. The minimum atomic E-state index is -1.55. The van der Waals surface area contributed by atoms with Gasteiger partial charge in [0.25, 0.3) is 15.3 Å². The van der Waals surface area contributed by atoms with E-state index in [-0.39, 0.29) is 0 Å². The van der Waals surface area contributed by atoms with E-state index in [1.165, 1.54) is 6.42 Å². The molecule has 0 bridgehead atoms. The Hall–Kier alpha value is -2.40. The van der Waals surface area contributed by atoms with Crippen LogP contribution in [0.15, 0.2) is 0 Å². The Morgan fingerprint density at radius 1 is 0.889 bits per heavy atom. The maximum Gasteiger partial charge on any atom is 0.294 e. The van der Waals surface area contributed by atoms with Gasteiger partial charge in [0.15, 0.2) is 6.10 Å². The second kappa shape index (κ2) is 11.1. The van der Waals surface area contributed by atoms with Gasteiger partial charge in [0.1, 0.15) is 13.2 Å². The smallest absolute Gasteiger partial charge is 0.294 e. The molecule has 0 aliphatic heterocycles. The van der Waals surface area contributed by atoms with Crippen LogP contribution in [0.5, 0.6) is 0 Å². The zero-order chi connectivity index (χ0) is 14.6. The highest BCUT2D eigenvalue weighted by molar-refractivity contribution is 4.49. The van der Waals surface area contributed by atoms with E-state index in [1.54, 1.807) is 0 Å². The molecule has 18 heavy (non-hydrogen) atoms. The summed E-state index contributed by atoms with van der Waals surface area (Å²) in [6.45, 7) is 2.56. The van der Waals surface area contributed by atoms with Crippen LogP contribution in [-0.4, -0.2) is 34.6 Å². The average molecular weight is 271 g/mol. The third kappa shape index (κ3) is 16.0. The second-order valence-electron chi connectivity index (χ2n) is 2.70. The number of nitrogens with zero attached hydrogens (tertiary/aromatic N) is 3. The fourth-order valence-corrected chi connectivity index (χ4v) is 0.519. The first-order chi connectivity index (χ1) is 8.33. The number of hydrogen-bond acceptors (Lipinski definition) is 9. The van der Waals surface area contributed by atoms with Crippen molar-refractivity contribution in [1.29, 1.82) is 0 Å². The van der Waals surface area contributed by atoms with Crippen molar-refractivity contribution >= 4 is 0 Å². The topological polar surface area (TPSA) is 157 Å². The standard InChI is InChI=1S/C3H5N3O9.C3H8/c7-4(8)13-1-3(15-6(11)12)2-14-5(9)10;1-3-2/h3H,1-2H2;3H2,1-2H3. The van der Waals surface area contributed by atoms with Crippen molar-refractivity contribution in [2.75, 3.05) is 13.2 Å². The predicted molar refractivity (Wildman–Crippen MR) is 53.7 cm³/mol. The highest BCUT2D eigenvalue weighted by atomic mass is 17.0. The lowest BCUT2D eigenvalue weighted by molar-refractivity contribution is -0.803. The first-order valence-corrected chi connectivity index (χ1v) is 4.69. The van der Waals surface area contributed by atoms with Crippen molar-refractivity contribution in [2.45, 2.75) is 26.4 Å². The SMILES string of the molecule is CCC.O=[N+]([O-])OCC(CO[N+](=O)[O-])O[N+](=O)[O-]. The van der Waals surface area contributed by atoms with Crippen LogP contribution in [0.2, 0.25) is 0 Å². The Morgan fingerprint density at radius 2 is 1.22 bits per heavy atom. The average Bonchev–Trinajstić information content (AvgIpc) is 2.22. The zero-order valence-electron chi connectivity index (χ0n) is 9.71. The van der Waals surface area contributed by atoms with Crippen molar-refractivity contribution in [2.24, 2.45) is 0 Å². The Balaban J connectivity index is 0. The minimum absolute atomic E-state index is 0.845. The molecule has 0 radical (unpaired) electrons. The Bertz CT molecular complexity index is 253. The summed E-state index contributed by atoms with van der Waals surface area (Å²) in [6.07, 6.45) is -0.296. The lowest BCUT2D eigenvalue weighted by Gasteiger charge is -2.11. The highest BCUT2D eigenvalue weighted by Gasteiger charge is 2.17. The summed E-state index contributed by atoms with van der Waals surface area (Å²) in [5, 5.41) is 25.5. The van der Waals surface area contributed by atoms with Gasteiger partial charge in [0, 0.05) is 0 Å². The summed E-state index contributed by atoms with van der Waals surface area (Å²) in [6, 6.07) is 0. The minimum Gasteiger partial charge on any atom is -0.311 e. The van der Waals surface area contributed by atoms with Gasteiger partial charge in [-0.15, -0.1) is 30.3 Å². The molecule has 0 saturated carbocycles. The van der Waals surface area contributed by atoms with Gasteiger partial charge in [0.05, 0.1) is 0 Å². The maximum absolute atomic E-state index is 9.83. The molecule has 106 valence electrons. The van der Waals surface area contributed by atoms with E-state index in [0.717, 1.165) is 0 Å². The van der Waals surface area contributed by atoms with Gasteiger partial charge in [-0.25, -0.2) is 0 Å². The van der Waals surface area contributed by atoms with Gasteiger partial charge in [-0.1, -0.05) is 20.3 Å². The number of rotatable bonds is 8. The summed E-state index contributed by atoms with van der Waals surface area (Å²) in [4.78, 5) is 40.5. The molecule has 0 heterocycles. The number of hydrogen-bond donors (Lipinski definition) is 0. The van der Waals surface area contributed by atoms with Crippen LogP contribution >= 0.6 is 0 Å². The van der Waals surface area contributed by atoms with Crippen LogP contribution in [0.25, 0.3) is 0 Å². The molecule has 0 atom stereocenters. The van der Waals surface area contributed by atoms with Crippen molar-refractivity contribution in [3.05, 3.63) is 30.3 Å². The molecule has 0 aromatic carbocycles. The molecule has 0 spiro atoms. The zero-order valence-corrected chi connectivity index (χ0v) is 9.71. The summed E-state index contributed by atoms with van der Waals surface area (Å²) < 4.78 is 0. The van der Waals surface area contributed by atoms with Crippen LogP contribution in [0.1, 0.15) is 20.3 Å². The summed E-state index contributed by atoms with van der Waals surface area (Å²) in [7, 11) is 0. The molecular formula is C6H13N3O9. The molecular weight excluding hydrogens is 258 g/mol. The molecule has 12 nitrogen and oxygen atoms in total. The molecule has 0 N–H and O–H groups in total. The molecule has 0 fully saturated rings. The van der Waals surface area contributed by atoms with E-state index in [0.29, 0.717) is 0 Å². The molecule has 0 aliphatic carbocycles. The van der Waals surface area contributed by atoms with Crippen molar-refractivity contribution < 1.29 is 29.8 Å². The van der Waals surface area contributed by atoms with Crippen LogP contribution < -0.4 is 0 Å². The summed E-state index contributed by atoms with van der Waals surface area (Å²) in [5.74, 6) is 0. The van der Waals surface area contributed by atoms with Crippen LogP contribution in [0, 0.1) is 30.3 Å². The first-order valence-electron chi connectivity index (χ1n) is 4.69. The molecule has 0 unspecified atom stereocenters. The van der Waals surface area contributed by atoms with Gasteiger partial charge >= 0.3 is 0 Å². The molecule has 12 heteroatoms. The van der Waals surface area contributed by atoms with E-state index in [4.69, 9.17) is 0 Å². The molecule has 0 aromatic rings. The fraction of sp³-hybridized carbons (Fsp3) is 1.00. The lowest BCUT2D eigenvalue weighted by Crippen LogP contribution is -2.30. The Kier molecular flexibility index (Phi) is 11.1. The second-order valence-corrected chi connectivity index (χ2v) is 2.70. The van der Waals surface area contributed by atoms with E-state index in [1.807, 2.05) is 0 Å². The van der Waals surface area contributed by atoms with Gasteiger partial charge < -0.3 is 14.5 Å². The van der Waals surface area contributed by atoms with Gasteiger partial charge in [-0.3, -0.25) is 0 Å². The van der Waals surface area contributed by atoms with Crippen molar-refractivity contribution in [3.8, 4) is 0 Å². The Labute approximate surface area is 101 Å². The maximum atomic E-state index is 9.83. The van der Waals surface area contributed by atoms with Gasteiger partial charge in [-0.05, 0) is 0 Å². The summed E-state index contributed by atoms with van der Waals surface area (Å²) >= 11 is 0. The fourth-order valence-electron chi connectivity index (χ4n) is 0.519. The van der Waals surface area contributed by atoms with Gasteiger partial charge in [-0.2, -0.15) is 0 Å². The molecule has 0 rings (SSSR count).